The van der Waals surface area contributed by atoms with Gasteiger partial charge in [-0.1, -0.05) is 17.7 Å². The number of hydrogen-bond acceptors (Lipinski definition) is 8. The van der Waals surface area contributed by atoms with Crippen molar-refractivity contribution < 1.29 is 9.47 Å². The Morgan fingerprint density at radius 2 is 1.96 bits per heavy atom. The lowest BCUT2D eigenvalue weighted by atomic mass is 10.0. The molecule has 0 radical (unpaired) electrons. The van der Waals surface area contributed by atoms with Crippen LogP contribution >= 0.6 is 34.7 Å². The molecule has 4 rings (SSSR count). The minimum absolute atomic E-state index is 0.101. The largest absolute Gasteiger partial charge is 0.454 e. The van der Waals surface area contributed by atoms with E-state index in [-0.39, 0.29) is 18.2 Å². The molecular weight excluding hydrogens is 416 g/mol. The topological polar surface area (TPSA) is 105 Å². The molecule has 0 fully saturated rings. The fourth-order valence-electron chi connectivity index (χ4n) is 2.79. The monoisotopic (exact) mass is 426 g/mol. The Bertz CT molecular complexity index is 1150. The van der Waals surface area contributed by atoms with Crippen LogP contribution in [0, 0.1) is 22.7 Å². The molecule has 138 valence electrons. The molecule has 0 bridgehead atoms. The fourth-order valence-corrected chi connectivity index (χ4v) is 4.85. The molecule has 0 saturated heterocycles. The van der Waals surface area contributed by atoms with Crippen LogP contribution in [0.1, 0.15) is 16.7 Å². The highest BCUT2D eigenvalue weighted by Crippen LogP contribution is 2.41. The van der Waals surface area contributed by atoms with E-state index in [4.69, 9.17) is 26.8 Å². The van der Waals surface area contributed by atoms with E-state index in [1.165, 1.54) is 23.1 Å². The van der Waals surface area contributed by atoms with Crippen LogP contribution in [0.3, 0.4) is 0 Å². The van der Waals surface area contributed by atoms with Gasteiger partial charge in [0.25, 0.3) is 0 Å². The normalized spacial score (nSPS) is 11.8. The number of nitriles is 2. The lowest BCUT2D eigenvalue weighted by molar-refractivity contribution is 0.174. The number of anilines is 1. The maximum absolute atomic E-state index is 9.78. The Hall–Kier alpha value is -2.91. The number of hydrogen-bond donors (Lipinski definition) is 1. The zero-order valence-corrected chi connectivity index (χ0v) is 16.6. The summed E-state index contributed by atoms with van der Waals surface area (Å²) in [6.07, 6.45) is 0. The minimum Gasteiger partial charge on any atom is -0.454 e. The van der Waals surface area contributed by atoms with Crippen molar-refractivity contribution in [2.24, 2.45) is 0 Å². The molecule has 0 amide bonds. The van der Waals surface area contributed by atoms with Gasteiger partial charge in [0.1, 0.15) is 28.5 Å². The molecule has 3 heterocycles. The summed E-state index contributed by atoms with van der Waals surface area (Å²) < 4.78 is 10.7. The average molecular weight is 427 g/mol. The third-order valence-corrected chi connectivity index (χ3v) is 6.35. The van der Waals surface area contributed by atoms with Crippen molar-refractivity contribution in [1.29, 1.82) is 10.5 Å². The number of rotatable bonds is 4. The number of fused-ring (bicyclic) bond motifs is 1. The number of aromatic nitrogens is 1. The van der Waals surface area contributed by atoms with Crippen molar-refractivity contribution in [3.63, 3.8) is 0 Å². The van der Waals surface area contributed by atoms with E-state index >= 15 is 0 Å². The van der Waals surface area contributed by atoms with Crippen LogP contribution in [0.15, 0.2) is 34.7 Å². The average Bonchev–Trinajstić information content (AvgIpc) is 3.37. The van der Waals surface area contributed by atoms with Crippen LogP contribution in [0.2, 0.25) is 5.02 Å². The van der Waals surface area contributed by atoms with Gasteiger partial charge in [-0.3, -0.25) is 0 Å². The number of benzene rings is 1. The highest BCUT2D eigenvalue weighted by atomic mass is 35.5. The van der Waals surface area contributed by atoms with Crippen molar-refractivity contribution in [3.05, 3.63) is 51.4 Å². The summed E-state index contributed by atoms with van der Waals surface area (Å²) in [7, 11) is 0. The fraction of sp³-hybridized carbons (Fsp3) is 0.105. The molecule has 6 nitrogen and oxygen atoms in total. The molecule has 1 aliphatic heterocycles. The molecule has 3 aromatic rings. The van der Waals surface area contributed by atoms with Crippen LogP contribution in [-0.4, -0.2) is 11.8 Å². The molecule has 0 aliphatic carbocycles. The Morgan fingerprint density at radius 1 is 1.21 bits per heavy atom. The first-order valence-corrected chi connectivity index (χ1v) is 10.2. The van der Waals surface area contributed by atoms with Crippen LogP contribution in [0.5, 0.6) is 11.5 Å². The summed E-state index contributed by atoms with van der Waals surface area (Å²) in [5.41, 5.74) is 7.90. The van der Waals surface area contributed by atoms with E-state index in [0.717, 1.165) is 10.4 Å². The van der Waals surface area contributed by atoms with Gasteiger partial charge in [-0.25, -0.2) is 4.98 Å². The quantitative estimate of drug-likeness (QED) is 0.596. The van der Waals surface area contributed by atoms with Crippen molar-refractivity contribution in [3.8, 4) is 34.1 Å². The molecule has 0 atom stereocenters. The summed E-state index contributed by atoms with van der Waals surface area (Å²) in [6, 6.07) is 11.5. The van der Waals surface area contributed by atoms with Crippen molar-refractivity contribution in [1.82, 2.24) is 4.98 Å². The minimum atomic E-state index is 0.101. The number of halogens is 1. The summed E-state index contributed by atoms with van der Waals surface area (Å²) in [5, 5.41) is 22.2. The number of ether oxygens (including phenoxy) is 2. The first-order chi connectivity index (χ1) is 13.6. The summed E-state index contributed by atoms with van der Waals surface area (Å²) >= 11 is 9.11. The lowest BCUT2D eigenvalue weighted by Crippen LogP contribution is -2.03. The predicted octanol–water partition coefficient (Wildman–Crippen LogP) is 4.81. The van der Waals surface area contributed by atoms with Gasteiger partial charge >= 0.3 is 0 Å². The van der Waals surface area contributed by atoms with Gasteiger partial charge in [0.2, 0.25) is 6.79 Å². The number of nitrogens with two attached hydrogens (primary N) is 1. The van der Waals surface area contributed by atoms with Crippen LogP contribution in [0.25, 0.3) is 10.4 Å². The Morgan fingerprint density at radius 3 is 2.64 bits per heavy atom. The maximum Gasteiger partial charge on any atom is 0.231 e. The highest BCUT2D eigenvalue weighted by molar-refractivity contribution is 7.98. The van der Waals surface area contributed by atoms with Crippen LogP contribution in [-0.2, 0) is 5.75 Å². The molecule has 0 saturated carbocycles. The third kappa shape index (κ3) is 3.23. The Kier molecular flexibility index (Phi) is 5.01. The molecule has 0 unspecified atom stereocenters. The van der Waals surface area contributed by atoms with Gasteiger partial charge in [0.15, 0.2) is 11.5 Å². The smallest absolute Gasteiger partial charge is 0.231 e. The van der Waals surface area contributed by atoms with E-state index in [1.54, 1.807) is 6.07 Å². The van der Waals surface area contributed by atoms with Gasteiger partial charge in [-0.2, -0.15) is 10.5 Å². The number of pyridine rings is 1. The number of nitrogens with zero attached hydrogens (tertiary/aromatic N) is 3. The molecule has 1 aliphatic rings. The SMILES string of the molecule is N#Cc1c(N)nc(SCc2cc3c(cc2Cl)OCO3)c(C#N)c1-c1cccs1. The number of thioether (sulfide) groups is 1. The zero-order chi connectivity index (χ0) is 19.7. The maximum atomic E-state index is 9.78. The third-order valence-electron chi connectivity index (χ3n) is 4.09. The molecule has 28 heavy (non-hydrogen) atoms. The molecule has 1 aromatic carbocycles. The van der Waals surface area contributed by atoms with Crippen LogP contribution < -0.4 is 15.2 Å². The second kappa shape index (κ2) is 7.61. The molecular formula is C19H11ClN4O2S2. The predicted molar refractivity (Wildman–Crippen MR) is 109 cm³/mol. The molecule has 2 aromatic heterocycles. The first-order valence-electron chi connectivity index (χ1n) is 8.00. The summed E-state index contributed by atoms with van der Waals surface area (Å²) in [6.45, 7) is 0.165. The van der Waals surface area contributed by atoms with E-state index < -0.39 is 0 Å². The van der Waals surface area contributed by atoms with Gasteiger partial charge in [-0.05, 0) is 23.1 Å². The van der Waals surface area contributed by atoms with Crippen molar-refractivity contribution in [2.75, 3.05) is 12.5 Å². The molecule has 0 spiro atoms. The number of nitrogen functional groups attached to an aromatic ring is 1. The van der Waals surface area contributed by atoms with Gasteiger partial charge in [-0.15, -0.1) is 23.1 Å². The highest BCUT2D eigenvalue weighted by Gasteiger charge is 2.22. The van der Waals surface area contributed by atoms with E-state index in [1.807, 2.05) is 23.6 Å². The van der Waals surface area contributed by atoms with Crippen molar-refractivity contribution in [2.45, 2.75) is 10.8 Å². The van der Waals surface area contributed by atoms with E-state index in [0.29, 0.717) is 38.4 Å². The Balaban J connectivity index is 1.73. The van der Waals surface area contributed by atoms with Crippen molar-refractivity contribution >= 4 is 40.5 Å². The van der Waals surface area contributed by atoms with Gasteiger partial charge in [0.05, 0.1) is 5.56 Å². The van der Waals surface area contributed by atoms with Gasteiger partial charge in [0, 0.05) is 27.3 Å². The standard InChI is InChI=1S/C19H11ClN4O2S2/c20-13-5-15-14(25-9-26-15)4-10(13)8-28-19-12(7-22)17(16-2-1-3-27-16)11(6-21)18(23)24-19/h1-5H,8-9H2,(H2,23,24). The Labute approximate surface area is 174 Å². The summed E-state index contributed by atoms with van der Waals surface area (Å²) in [5.74, 6) is 1.79. The molecule has 9 heteroatoms. The second-order valence-electron chi connectivity index (χ2n) is 5.71. The van der Waals surface area contributed by atoms with E-state index in [2.05, 4.69) is 17.1 Å². The molecule has 2 N–H and O–H groups in total. The van der Waals surface area contributed by atoms with Gasteiger partial charge < -0.3 is 15.2 Å². The summed E-state index contributed by atoms with van der Waals surface area (Å²) in [4.78, 5) is 5.10. The second-order valence-corrected chi connectivity index (χ2v) is 8.03. The first kappa shape index (κ1) is 18.5. The van der Waals surface area contributed by atoms with Crippen LogP contribution in [0.4, 0.5) is 5.82 Å². The van der Waals surface area contributed by atoms with E-state index in [9.17, 15) is 10.5 Å². The number of thiophene rings is 1. The zero-order valence-electron chi connectivity index (χ0n) is 14.2. The lowest BCUT2D eigenvalue weighted by Gasteiger charge is -2.12.